The number of nitrogens with one attached hydrogen (secondary N) is 1. The fourth-order valence-corrected chi connectivity index (χ4v) is 5.56. The Morgan fingerprint density at radius 1 is 1.06 bits per heavy atom. The van der Waals surface area contributed by atoms with Crippen molar-refractivity contribution in [2.24, 2.45) is 18.0 Å². The molecule has 33 heavy (non-hydrogen) atoms. The normalized spacial score (nSPS) is 21.5. The third-order valence-corrected chi connectivity index (χ3v) is 7.21. The molecular weight excluding hydrogens is 523 g/mol. The van der Waals surface area contributed by atoms with E-state index in [4.69, 9.17) is 4.98 Å². The molecule has 0 bridgehead atoms. The fraction of sp³-hybridized carbons (Fsp3) is 0.462. The van der Waals surface area contributed by atoms with Crippen molar-refractivity contribution in [2.75, 3.05) is 26.7 Å². The van der Waals surface area contributed by atoms with E-state index in [9.17, 15) is 0 Å². The zero-order valence-electron chi connectivity index (χ0n) is 19.7. The third kappa shape index (κ3) is 5.19. The van der Waals surface area contributed by atoms with Gasteiger partial charge in [0.1, 0.15) is 5.82 Å². The standard InChI is InChI=1S/C26H34N6.HI/c1-27-26(28-17-25-29-22-12-6-7-13-24(22)30(25)2)32-16-14-23-21(19-32)11-8-15-31(23)18-20-9-4-3-5-10-20;/h3-7,9-10,12-13,21,23H,8,11,14-19H2,1-2H3,(H,27,28);1H. The molecule has 2 aliphatic rings. The molecule has 1 aromatic heterocycles. The van der Waals surface area contributed by atoms with Gasteiger partial charge in [-0.25, -0.2) is 4.98 Å². The van der Waals surface area contributed by atoms with Crippen LogP contribution in [0, 0.1) is 5.92 Å². The van der Waals surface area contributed by atoms with Crippen LogP contribution in [0.5, 0.6) is 0 Å². The van der Waals surface area contributed by atoms with E-state index in [1.165, 1.54) is 36.9 Å². The number of fused-ring (bicyclic) bond motifs is 2. The first-order chi connectivity index (χ1) is 15.7. The van der Waals surface area contributed by atoms with Crippen LogP contribution in [0.4, 0.5) is 0 Å². The molecule has 0 aliphatic carbocycles. The summed E-state index contributed by atoms with van der Waals surface area (Å²) in [6.07, 6.45) is 3.80. The van der Waals surface area contributed by atoms with Crippen LogP contribution in [-0.2, 0) is 20.1 Å². The van der Waals surface area contributed by atoms with Gasteiger partial charge >= 0.3 is 0 Å². The number of rotatable bonds is 4. The van der Waals surface area contributed by atoms with Crippen LogP contribution in [0.2, 0.25) is 0 Å². The average molecular weight is 559 g/mol. The Labute approximate surface area is 214 Å². The zero-order chi connectivity index (χ0) is 21.9. The predicted octanol–water partition coefficient (Wildman–Crippen LogP) is 4.25. The summed E-state index contributed by atoms with van der Waals surface area (Å²) in [4.78, 5) is 14.6. The van der Waals surface area contributed by atoms with Gasteiger partial charge in [-0.3, -0.25) is 9.89 Å². The maximum Gasteiger partial charge on any atom is 0.194 e. The molecule has 2 fully saturated rings. The number of guanidine groups is 1. The van der Waals surface area contributed by atoms with Gasteiger partial charge in [0.2, 0.25) is 0 Å². The molecule has 7 heteroatoms. The second-order valence-corrected chi connectivity index (χ2v) is 9.14. The minimum atomic E-state index is 0. The molecule has 2 atom stereocenters. The Hall–Kier alpha value is -2.13. The molecule has 2 aromatic carbocycles. The summed E-state index contributed by atoms with van der Waals surface area (Å²) in [6.45, 7) is 5.10. The van der Waals surface area contributed by atoms with Crippen LogP contribution in [0.15, 0.2) is 59.6 Å². The molecule has 1 N–H and O–H groups in total. The number of aromatic nitrogens is 2. The summed E-state index contributed by atoms with van der Waals surface area (Å²) in [5.74, 6) is 2.74. The monoisotopic (exact) mass is 558 g/mol. The Morgan fingerprint density at radius 2 is 1.85 bits per heavy atom. The van der Waals surface area contributed by atoms with Crippen molar-refractivity contribution >= 4 is 41.0 Å². The number of hydrogen-bond donors (Lipinski definition) is 1. The highest BCUT2D eigenvalue weighted by molar-refractivity contribution is 14.0. The van der Waals surface area contributed by atoms with Crippen LogP contribution in [0.1, 0.15) is 30.7 Å². The number of hydrogen-bond acceptors (Lipinski definition) is 3. The number of halogens is 1. The van der Waals surface area contributed by atoms with Crippen molar-refractivity contribution < 1.29 is 0 Å². The van der Waals surface area contributed by atoms with Crippen molar-refractivity contribution in [3.8, 4) is 0 Å². The Kier molecular flexibility index (Phi) is 7.90. The van der Waals surface area contributed by atoms with Gasteiger partial charge in [0, 0.05) is 39.8 Å². The second-order valence-electron chi connectivity index (χ2n) is 9.14. The van der Waals surface area contributed by atoms with Crippen molar-refractivity contribution in [2.45, 2.75) is 38.4 Å². The van der Waals surface area contributed by atoms with Gasteiger partial charge in [-0.2, -0.15) is 0 Å². The molecule has 2 saturated heterocycles. The van der Waals surface area contributed by atoms with Crippen LogP contribution < -0.4 is 5.32 Å². The molecule has 0 amide bonds. The number of aliphatic imine (C=N–C) groups is 1. The van der Waals surface area contributed by atoms with E-state index in [0.29, 0.717) is 18.5 Å². The predicted molar refractivity (Wildman–Crippen MR) is 146 cm³/mol. The average Bonchev–Trinajstić information content (AvgIpc) is 3.16. The molecule has 0 spiro atoms. The van der Waals surface area contributed by atoms with Gasteiger partial charge in [-0.05, 0) is 49.4 Å². The van der Waals surface area contributed by atoms with Gasteiger partial charge in [-0.1, -0.05) is 42.5 Å². The van der Waals surface area contributed by atoms with Crippen molar-refractivity contribution in [1.82, 2.24) is 24.7 Å². The second kappa shape index (κ2) is 10.9. The molecule has 2 unspecified atom stereocenters. The Bertz CT molecular complexity index is 1080. The highest BCUT2D eigenvalue weighted by Gasteiger charge is 2.36. The van der Waals surface area contributed by atoms with Gasteiger partial charge in [-0.15, -0.1) is 24.0 Å². The summed E-state index contributed by atoms with van der Waals surface area (Å²) in [5, 5.41) is 3.58. The number of benzene rings is 2. The van der Waals surface area contributed by atoms with Crippen molar-refractivity contribution in [1.29, 1.82) is 0 Å². The molecule has 3 heterocycles. The SMILES string of the molecule is CN=C(NCc1nc2ccccc2n1C)N1CCC2C(CCCN2Cc2ccccc2)C1.I. The number of aryl methyl sites for hydroxylation is 1. The zero-order valence-corrected chi connectivity index (χ0v) is 22.0. The highest BCUT2D eigenvalue weighted by Crippen LogP contribution is 2.31. The maximum absolute atomic E-state index is 4.80. The topological polar surface area (TPSA) is 48.7 Å². The third-order valence-electron chi connectivity index (χ3n) is 7.21. The largest absolute Gasteiger partial charge is 0.349 e. The first-order valence-corrected chi connectivity index (χ1v) is 11.9. The van der Waals surface area contributed by atoms with E-state index in [0.717, 1.165) is 36.9 Å². The number of para-hydroxylation sites is 2. The van der Waals surface area contributed by atoms with E-state index in [1.54, 1.807) is 0 Å². The number of imidazole rings is 1. The molecule has 5 rings (SSSR count). The van der Waals surface area contributed by atoms with E-state index < -0.39 is 0 Å². The molecule has 176 valence electrons. The van der Waals surface area contributed by atoms with Crippen molar-refractivity contribution in [3.63, 3.8) is 0 Å². The quantitative estimate of drug-likeness (QED) is 0.296. The maximum atomic E-state index is 4.80. The summed E-state index contributed by atoms with van der Waals surface area (Å²) in [6, 6.07) is 19.9. The number of piperidine rings is 2. The number of likely N-dealkylation sites (tertiary alicyclic amines) is 2. The van der Waals surface area contributed by atoms with Crippen LogP contribution in [0.3, 0.4) is 0 Å². The van der Waals surface area contributed by atoms with E-state index in [-0.39, 0.29) is 24.0 Å². The molecule has 0 radical (unpaired) electrons. The van der Waals surface area contributed by atoms with Gasteiger partial charge in [0.05, 0.1) is 17.6 Å². The fourth-order valence-electron chi connectivity index (χ4n) is 5.56. The first kappa shape index (κ1) is 24.0. The van der Waals surface area contributed by atoms with Crippen LogP contribution >= 0.6 is 24.0 Å². The Morgan fingerprint density at radius 3 is 2.64 bits per heavy atom. The summed E-state index contributed by atoms with van der Waals surface area (Å²) >= 11 is 0. The summed E-state index contributed by atoms with van der Waals surface area (Å²) in [5.41, 5.74) is 3.64. The lowest BCUT2D eigenvalue weighted by molar-refractivity contribution is 0.0372. The number of nitrogens with zero attached hydrogens (tertiary/aromatic N) is 5. The lowest BCUT2D eigenvalue weighted by Gasteiger charge is -2.48. The molecule has 0 saturated carbocycles. The minimum Gasteiger partial charge on any atom is -0.349 e. The minimum absolute atomic E-state index is 0. The first-order valence-electron chi connectivity index (χ1n) is 11.9. The van der Waals surface area contributed by atoms with Gasteiger partial charge in [0.15, 0.2) is 5.96 Å². The van der Waals surface area contributed by atoms with E-state index >= 15 is 0 Å². The van der Waals surface area contributed by atoms with Crippen molar-refractivity contribution in [3.05, 3.63) is 66.0 Å². The lowest BCUT2D eigenvalue weighted by atomic mass is 9.83. The van der Waals surface area contributed by atoms with E-state index in [2.05, 4.69) is 80.3 Å². The Balaban J connectivity index is 0.00000259. The van der Waals surface area contributed by atoms with Gasteiger partial charge in [0.25, 0.3) is 0 Å². The highest BCUT2D eigenvalue weighted by atomic mass is 127. The van der Waals surface area contributed by atoms with Gasteiger partial charge < -0.3 is 14.8 Å². The van der Waals surface area contributed by atoms with Crippen LogP contribution in [-0.4, -0.2) is 58.0 Å². The molecule has 3 aromatic rings. The smallest absolute Gasteiger partial charge is 0.194 e. The van der Waals surface area contributed by atoms with Crippen LogP contribution in [0.25, 0.3) is 11.0 Å². The van der Waals surface area contributed by atoms with E-state index in [1.807, 2.05) is 13.1 Å². The molecular formula is C26H35IN6. The lowest BCUT2D eigenvalue weighted by Crippen LogP contribution is -2.56. The summed E-state index contributed by atoms with van der Waals surface area (Å²) in [7, 11) is 3.98. The summed E-state index contributed by atoms with van der Waals surface area (Å²) < 4.78 is 2.17. The molecule has 6 nitrogen and oxygen atoms in total. The molecule has 2 aliphatic heterocycles.